The number of alkyl carbamates (subject to hydrolysis) is 1. The Labute approximate surface area is 301 Å². The van der Waals surface area contributed by atoms with Crippen molar-refractivity contribution in [2.24, 2.45) is 11.8 Å². The maximum Gasteiger partial charge on any atom is 0.407 e. The van der Waals surface area contributed by atoms with Crippen LogP contribution in [0.15, 0.2) is 11.6 Å². The van der Waals surface area contributed by atoms with Gasteiger partial charge in [0.05, 0.1) is 64.2 Å². The molecule has 5 N–H and O–H groups in total. The number of aldehydes is 1. The van der Waals surface area contributed by atoms with Crippen molar-refractivity contribution in [3.05, 3.63) is 11.6 Å². The van der Waals surface area contributed by atoms with Gasteiger partial charge in [-0.05, 0) is 46.0 Å². The first-order valence-electron chi connectivity index (χ1n) is 17.9. The molecule has 1 spiro atoms. The fraction of sp³-hybridized carbons (Fsp3) is 0.800. The van der Waals surface area contributed by atoms with Crippen LogP contribution in [0, 0.1) is 11.8 Å². The van der Waals surface area contributed by atoms with Gasteiger partial charge in [-0.15, -0.1) is 0 Å². The zero-order valence-corrected chi connectivity index (χ0v) is 31.0. The lowest BCUT2D eigenvalue weighted by Crippen LogP contribution is -2.56. The first-order valence-corrected chi connectivity index (χ1v) is 17.9. The van der Waals surface area contributed by atoms with Crippen LogP contribution in [-0.4, -0.2) is 139 Å². The van der Waals surface area contributed by atoms with E-state index in [0.717, 1.165) is 12.8 Å². The summed E-state index contributed by atoms with van der Waals surface area (Å²) in [5.41, 5.74) is 0.561. The Kier molecular flexibility index (Phi) is 17.2. The van der Waals surface area contributed by atoms with E-state index in [1.165, 1.54) is 5.57 Å². The number of nitrogens with one attached hydrogen (secondary N) is 5. The number of allylic oxidation sites excluding steroid dienone is 1. The second-order valence-corrected chi connectivity index (χ2v) is 13.9. The Morgan fingerprint density at radius 1 is 0.941 bits per heavy atom. The molecule has 290 valence electrons. The zero-order valence-electron chi connectivity index (χ0n) is 31.0. The minimum absolute atomic E-state index is 0.0435. The van der Waals surface area contributed by atoms with Crippen molar-refractivity contribution in [3.8, 4) is 0 Å². The summed E-state index contributed by atoms with van der Waals surface area (Å²) in [4.78, 5) is 59.2. The largest absolute Gasteiger partial charge is 0.443 e. The zero-order chi connectivity index (χ0) is 37.4. The number of ether oxygens (including phenoxy) is 6. The van der Waals surface area contributed by atoms with Crippen molar-refractivity contribution in [1.82, 2.24) is 26.6 Å². The van der Waals surface area contributed by atoms with Gasteiger partial charge in [0.25, 0.3) is 0 Å². The van der Waals surface area contributed by atoms with E-state index in [-0.39, 0.29) is 80.7 Å². The summed E-state index contributed by atoms with van der Waals surface area (Å²) in [6, 6.07) is -0.587. The van der Waals surface area contributed by atoms with Crippen molar-refractivity contribution >= 4 is 30.1 Å². The molecule has 3 unspecified atom stereocenters. The van der Waals surface area contributed by atoms with Crippen LogP contribution >= 0.6 is 0 Å². The summed E-state index contributed by atoms with van der Waals surface area (Å²) in [5, 5.41) is 13.4. The molecule has 3 fully saturated rings. The molecule has 1 saturated carbocycles. The molecule has 0 radical (unpaired) electrons. The molecule has 2 aliphatic heterocycles. The molecule has 2 saturated heterocycles. The highest BCUT2D eigenvalue weighted by Gasteiger charge is 2.72. The fourth-order valence-electron chi connectivity index (χ4n) is 6.62. The van der Waals surface area contributed by atoms with Gasteiger partial charge in [-0.25, -0.2) is 4.79 Å². The highest BCUT2D eigenvalue weighted by molar-refractivity contribution is 5.88. The van der Waals surface area contributed by atoms with E-state index in [1.807, 2.05) is 13.8 Å². The predicted octanol–water partition coefficient (Wildman–Crippen LogP) is 0.374. The topological polar surface area (TPSA) is 207 Å². The van der Waals surface area contributed by atoms with Crippen LogP contribution in [-0.2, 0) is 47.6 Å². The van der Waals surface area contributed by atoms with E-state index in [0.29, 0.717) is 45.7 Å². The highest BCUT2D eigenvalue weighted by Crippen LogP contribution is 2.59. The van der Waals surface area contributed by atoms with Gasteiger partial charge >= 0.3 is 6.09 Å². The normalized spacial score (nSPS) is 26.9. The van der Waals surface area contributed by atoms with Gasteiger partial charge in [0.15, 0.2) is 0 Å². The second kappa shape index (κ2) is 20.8. The number of rotatable bonds is 24. The molecule has 0 aromatic heterocycles. The summed E-state index contributed by atoms with van der Waals surface area (Å²) in [5.74, 6) is -1.14. The quantitative estimate of drug-likeness (QED) is 0.0396. The summed E-state index contributed by atoms with van der Waals surface area (Å²) in [7, 11) is 1.65. The molecule has 0 bridgehead atoms. The molecule has 1 aliphatic carbocycles. The molecule has 51 heavy (non-hydrogen) atoms. The fourth-order valence-corrected chi connectivity index (χ4v) is 6.62. The van der Waals surface area contributed by atoms with Crippen molar-refractivity contribution in [2.75, 3.05) is 72.9 Å². The van der Waals surface area contributed by atoms with Crippen LogP contribution in [0.5, 0.6) is 0 Å². The van der Waals surface area contributed by atoms with E-state index in [1.54, 1.807) is 7.11 Å². The summed E-state index contributed by atoms with van der Waals surface area (Å²) >= 11 is 0. The van der Waals surface area contributed by atoms with Crippen molar-refractivity contribution in [1.29, 1.82) is 0 Å². The smallest absolute Gasteiger partial charge is 0.407 e. The summed E-state index contributed by atoms with van der Waals surface area (Å²) in [6.45, 7) is 12.3. The van der Waals surface area contributed by atoms with Gasteiger partial charge in [0.2, 0.25) is 17.7 Å². The van der Waals surface area contributed by atoms with Gasteiger partial charge in [0, 0.05) is 33.2 Å². The van der Waals surface area contributed by atoms with Crippen LogP contribution < -0.4 is 26.6 Å². The number of amides is 4. The van der Waals surface area contributed by atoms with Gasteiger partial charge in [-0.3, -0.25) is 14.4 Å². The van der Waals surface area contributed by atoms with Crippen LogP contribution in [0.1, 0.15) is 60.3 Å². The lowest BCUT2D eigenvalue weighted by Gasteiger charge is -2.42. The maximum absolute atomic E-state index is 12.6. The van der Waals surface area contributed by atoms with Crippen molar-refractivity contribution in [3.63, 3.8) is 0 Å². The third-order valence-electron chi connectivity index (χ3n) is 9.42. The Hall–Kier alpha value is -3.15. The molecule has 7 atom stereocenters. The molecule has 3 aliphatic rings. The lowest BCUT2D eigenvalue weighted by atomic mass is 9.68. The Bertz CT molecular complexity index is 1190. The highest BCUT2D eigenvalue weighted by atomic mass is 16.6. The number of hydrogen-bond acceptors (Lipinski definition) is 12. The van der Waals surface area contributed by atoms with E-state index in [4.69, 9.17) is 28.4 Å². The molecular formula is C35H59N5O11. The van der Waals surface area contributed by atoms with Crippen molar-refractivity contribution in [2.45, 2.75) is 95.9 Å². The van der Waals surface area contributed by atoms with E-state index in [2.05, 4.69) is 53.4 Å². The third-order valence-corrected chi connectivity index (χ3v) is 9.42. The molecule has 2 heterocycles. The van der Waals surface area contributed by atoms with Crippen LogP contribution in [0.25, 0.3) is 0 Å². The molecule has 3 rings (SSSR count). The molecule has 16 nitrogen and oxygen atoms in total. The number of epoxide rings is 2. The second-order valence-electron chi connectivity index (χ2n) is 13.9. The monoisotopic (exact) mass is 725 g/mol. The minimum Gasteiger partial charge on any atom is -0.443 e. The molecule has 0 aromatic carbocycles. The van der Waals surface area contributed by atoms with E-state index < -0.39 is 29.7 Å². The van der Waals surface area contributed by atoms with E-state index >= 15 is 0 Å². The Balaban J connectivity index is 1.21. The van der Waals surface area contributed by atoms with Crippen LogP contribution in [0.4, 0.5) is 4.79 Å². The van der Waals surface area contributed by atoms with Crippen LogP contribution in [0.2, 0.25) is 0 Å². The van der Waals surface area contributed by atoms with E-state index in [9.17, 15) is 24.0 Å². The molecule has 0 aromatic rings. The summed E-state index contributed by atoms with van der Waals surface area (Å²) in [6.07, 6.45) is 3.94. The van der Waals surface area contributed by atoms with Gasteiger partial charge in [-0.1, -0.05) is 25.5 Å². The van der Waals surface area contributed by atoms with Gasteiger partial charge in [0.1, 0.15) is 29.7 Å². The predicted molar refractivity (Wildman–Crippen MR) is 186 cm³/mol. The number of hydrogen-bond donors (Lipinski definition) is 5. The van der Waals surface area contributed by atoms with Gasteiger partial charge < -0.3 is 59.8 Å². The SMILES string of the molecule is COC1C(OC(=O)NCCOCCOCCNC(=O)CCN[C@H](C(=O)NCC(=O)NCC=O)C(C)C)CC[C@]2(CO2)C1[C@@]1(C)O[C@@H]1CC=C(C)C. The molecule has 16 heteroatoms. The first kappa shape index (κ1) is 42.3. The average Bonchev–Trinajstić information content (AvgIpc) is 4.01. The third kappa shape index (κ3) is 13.4. The maximum atomic E-state index is 12.6. The Morgan fingerprint density at radius 2 is 1.63 bits per heavy atom. The Morgan fingerprint density at radius 3 is 2.24 bits per heavy atom. The molecule has 4 amide bonds. The average molecular weight is 726 g/mol. The lowest BCUT2D eigenvalue weighted by molar-refractivity contribution is -0.128. The standard InChI is InChI=1S/C35H59N5O11/c1-23(2)7-8-26-34(5,51-26)31-30(46-6)25(9-11-35(31)22-49-35)50-33(45)39-15-18-48-20-19-47-17-14-37-27(42)10-12-38-29(24(3)4)32(44)40-21-28(43)36-13-16-41/h7,16,24-26,29-31,38H,8-15,17-22H2,1-6H3,(H,36,43)(H,37,42)(H,39,45)(H,40,44)/t25?,26-,29+,30?,31?,34+,35+/m1/s1. The van der Waals surface area contributed by atoms with Gasteiger partial charge in [-0.2, -0.15) is 0 Å². The number of carbonyl (C=O) groups excluding carboxylic acids is 5. The first-order chi connectivity index (χ1) is 24.4. The number of carbonyl (C=O) groups is 5. The number of methoxy groups -OCH3 is 1. The van der Waals surface area contributed by atoms with Crippen molar-refractivity contribution < 1.29 is 52.4 Å². The summed E-state index contributed by atoms with van der Waals surface area (Å²) < 4.78 is 35.0. The van der Waals surface area contributed by atoms with Crippen LogP contribution in [0.3, 0.4) is 0 Å². The minimum atomic E-state index is -0.587. The molecular weight excluding hydrogens is 666 g/mol.